The molecule has 31 heavy (non-hydrogen) atoms. The summed E-state index contributed by atoms with van der Waals surface area (Å²) >= 11 is 5.70. The lowest BCUT2D eigenvalue weighted by atomic mass is 10.1. The van der Waals surface area contributed by atoms with Gasteiger partial charge in [-0.25, -0.2) is 9.78 Å². The van der Waals surface area contributed by atoms with Crippen LogP contribution in [0.4, 0.5) is 10.5 Å². The first-order chi connectivity index (χ1) is 14.8. The molecule has 2 fully saturated rings. The number of carbonyl (C=O) groups is 2. The van der Waals surface area contributed by atoms with Crippen molar-refractivity contribution in [3.63, 3.8) is 0 Å². The van der Waals surface area contributed by atoms with Crippen LogP contribution in [0, 0.1) is 0 Å². The highest BCUT2D eigenvalue weighted by Gasteiger charge is 2.36. The first kappa shape index (κ1) is 21.0. The van der Waals surface area contributed by atoms with Crippen LogP contribution in [0.15, 0.2) is 41.1 Å². The number of urea groups is 1. The van der Waals surface area contributed by atoms with Crippen LogP contribution in [0.2, 0.25) is 0 Å². The van der Waals surface area contributed by atoms with E-state index >= 15 is 0 Å². The smallest absolute Gasteiger partial charge is 0.331 e. The fraction of sp³-hybridized carbons (Fsp3) is 0.350. The molecule has 10 nitrogen and oxygen atoms in total. The number of imide groups is 1. The van der Waals surface area contributed by atoms with E-state index in [1.54, 1.807) is 6.20 Å². The Balaban J connectivity index is 1.69. The summed E-state index contributed by atoms with van der Waals surface area (Å²) in [6.45, 7) is -0.421. The van der Waals surface area contributed by atoms with Gasteiger partial charge in [0.1, 0.15) is 24.1 Å². The number of hydrogen-bond acceptors (Lipinski definition) is 7. The van der Waals surface area contributed by atoms with E-state index < -0.39 is 6.61 Å². The minimum atomic E-state index is -0.422. The minimum Gasteiger partial charge on any atom is -0.485 e. The molecule has 164 valence electrons. The molecule has 2 aliphatic rings. The van der Waals surface area contributed by atoms with Crippen LogP contribution in [-0.4, -0.2) is 51.5 Å². The van der Waals surface area contributed by atoms with E-state index in [1.165, 1.54) is 18.0 Å². The van der Waals surface area contributed by atoms with Gasteiger partial charge in [-0.05, 0) is 30.4 Å². The number of likely N-dealkylation sites (N-methyl/N-ethyl adjacent to an activating group) is 1. The van der Waals surface area contributed by atoms with Gasteiger partial charge >= 0.3 is 6.03 Å². The maximum atomic E-state index is 12.6. The monoisotopic (exact) mass is 446 g/mol. The van der Waals surface area contributed by atoms with E-state index in [2.05, 4.69) is 4.98 Å². The summed E-state index contributed by atoms with van der Waals surface area (Å²) in [7, 11) is 1.47. The molecule has 1 aliphatic heterocycles. The Morgan fingerprint density at radius 1 is 1.35 bits per heavy atom. The number of pyridine rings is 1. The molecule has 0 atom stereocenters. The molecule has 3 amide bonds. The SMILES string of the molecule is CN1C(=O)CN(c2cc(C3CC3)cn3cc(COC(/C=C(\N)Cl)=C(/N)CO)nc23)C1=O. The second kappa shape index (κ2) is 8.12. The summed E-state index contributed by atoms with van der Waals surface area (Å²) in [6, 6.07) is 1.55. The zero-order valence-corrected chi connectivity index (χ0v) is 17.7. The maximum absolute atomic E-state index is 12.6. The number of nitrogens with zero attached hydrogens (tertiary/aromatic N) is 4. The number of aliphatic hydroxyl groups excluding tert-OH is 1. The number of halogens is 1. The second-order valence-electron chi connectivity index (χ2n) is 7.58. The Bertz CT molecular complexity index is 1120. The number of amides is 3. The van der Waals surface area contributed by atoms with E-state index in [0.29, 0.717) is 22.9 Å². The van der Waals surface area contributed by atoms with Crippen molar-refractivity contribution in [1.29, 1.82) is 0 Å². The third-order valence-corrected chi connectivity index (χ3v) is 5.37. The average Bonchev–Trinajstić information content (AvgIpc) is 3.46. The van der Waals surface area contributed by atoms with Crippen molar-refractivity contribution < 1.29 is 19.4 Å². The third-order valence-electron chi connectivity index (χ3n) is 5.26. The van der Waals surface area contributed by atoms with Gasteiger partial charge < -0.3 is 25.7 Å². The molecule has 1 aliphatic carbocycles. The fourth-order valence-electron chi connectivity index (χ4n) is 3.43. The molecule has 3 heterocycles. The predicted molar refractivity (Wildman–Crippen MR) is 114 cm³/mol. The zero-order valence-electron chi connectivity index (χ0n) is 16.9. The van der Waals surface area contributed by atoms with Crippen LogP contribution in [0.5, 0.6) is 0 Å². The van der Waals surface area contributed by atoms with E-state index in [9.17, 15) is 14.7 Å². The molecule has 0 unspecified atom stereocenters. The van der Waals surface area contributed by atoms with Crippen molar-refractivity contribution in [2.75, 3.05) is 25.1 Å². The van der Waals surface area contributed by atoms with Crippen LogP contribution >= 0.6 is 11.6 Å². The van der Waals surface area contributed by atoms with Crippen LogP contribution in [0.3, 0.4) is 0 Å². The molecule has 1 saturated heterocycles. The van der Waals surface area contributed by atoms with Gasteiger partial charge in [-0.15, -0.1) is 0 Å². The molecule has 2 aromatic rings. The molecular weight excluding hydrogens is 424 g/mol. The van der Waals surface area contributed by atoms with Gasteiger partial charge in [-0.1, -0.05) is 11.6 Å². The highest BCUT2D eigenvalue weighted by Crippen LogP contribution is 2.42. The summed E-state index contributed by atoms with van der Waals surface area (Å²) in [5.41, 5.74) is 14.1. The minimum absolute atomic E-state index is 0.0302. The number of aliphatic hydroxyl groups is 1. The standard InChI is InChI=1S/C20H23ClN6O4/c1-25-18(29)8-27(20(25)30)15-4-12(11-2-3-11)6-26-7-13(24-19(15)26)10-31-16(5-17(21)23)14(22)9-28/h4-7,11,28H,2-3,8-10,22-23H2,1H3/b16-14+,17-5-. The molecule has 5 N–H and O–H groups in total. The molecule has 0 radical (unpaired) electrons. The molecule has 11 heteroatoms. The van der Waals surface area contributed by atoms with E-state index in [-0.39, 0.29) is 41.7 Å². The molecule has 4 rings (SSSR count). The lowest BCUT2D eigenvalue weighted by Gasteiger charge is -2.17. The van der Waals surface area contributed by atoms with Crippen LogP contribution < -0.4 is 16.4 Å². The van der Waals surface area contributed by atoms with Crippen LogP contribution in [0.1, 0.15) is 30.0 Å². The van der Waals surface area contributed by atoms with Crippen LogP contribution in [-0.2, 0) is 16.1 Å². The van der Waals surface area contributed by atoms with Crippen molar-refractivity contribution in [2.24, 2.45) is 11.5 Å². The summed E-state index contributed by atoms with van der Waals surface area (Å²) in [5.74, 6) is 0.315. The Hall–Kier alpha value is -3.24. The summed E-state index contributed by atoms with van der Waals surface area (Å²) < 4.78 is 7.50. The van der Waals surface area contributed by atoms with E-state index in [1.807, 2.05) is 16.7 Å². The number of carbonyl (C=O) groups excluding carboxylic acids is 2. The number of ether oxygens (including phenoxy) is 1. The molecule has 0 aromatic carbocycles. The van der Waals surface area contributed by atoms with Gasteiger partial charge in [0.25, 0.3) is 0 Å². The maximum Gasteiger partial charge on any atom is 0.331 e. The van der Waals surface area contributed by atoms with Crippen molar-refractivity contribution >= 4 is 34.9 Å². The van der Waals surface area contributed by atoms with Crippen molar-refractivity contribution in [3.8, 4) is 0 Å². The molecule has 1 saturated carbocycles. The van der Waals surface area contributed by atoms with Gasteiger partial charge in [0.05, 0.1) is 23.7 Å². The number of aromatic nitrogens is 2. The fourth-order valence-corrected chi connectivity index (χ4v) is 3.53. The number of hydrogen-bond donors (Lipinski definition) is 3. The molecule has 0 bridgehead atoms. The summed E-state index contributed by atoms with van der Waals surface area (Å²) in [6.07, 6.45) is 7.25. The number of nitrogens with two attached hydrogens (primary N) is 2. The van der Waals surface area contributed by atoms with Crippen molar-refractivity contribution in [1.82, 2.24) is 14.3 Å². The molecule has 2 aromatic heterocycles. The highest BCUT2D eigenvalue weighted by atomic mass is 35.5. The molecule has 0 spiro atoms. The Labute approximate surface area is 183 Å². The van der Waals surface area contributed by atoms with Gasteiger partial charge in [0.15, 0.2) is 5.65 Å². The Morgan fingerprint density at radius 2 is 2.10 bits per heavy atom. The lowest BCUT2D eigenvalue weighted by molar-refractivity contribution is -0.123. The Kier molecular flexibility index (Phi) is 5.50. The average molecular weight is 447 g/mol. The quantitative estimate of drug-likeness (QED) is 0.252. The number of anilines is 1. The van der Waals surface area contributed by atoms with Crippen molar-refractivity contribution in [3.05, 3.63) is 52.4 Å². The number of fused-ring (bicyclic) bond motifs is 1. The lowest BCUT2D eigenvalue weighted by Crippen LogP contribution is -2.30. The molecular formula is C20H23ClN6O4. The topological polar surface area (TPSA) is 139 Å². The van der Waals surface area contributed by atoms with E-state index in [4.69, 9.17) is 27.8 Å². The van der Waals surface area contributed by atoms with Crippen molar-refractivity contribution in [2.45, 2.75) is 25.4 Å². The summed E-state index contributed by atoms with van der Waals surface area (Å²) in [5, 5.41) is 9.24. The second-order valence-corrected chi connectivity index (χ2v) is 8.02. The first-order valence-electron chi connectivity index (χ1n) is 9.73. The normalized spacial score (nSPS) is 18.2. The largest absolute Gasteiger partial charge is 0.485 e. The number of allylic oxidation sites excluding steroid dienone is 1. The third kappa shape index (κ3) is 4.17. The highest BCUT2D eigenvalue weighted by molar-refractivity contribution is 6.29. The van der Waals surface area contributed by atoms with Gasteiger partial charge in [0.2, 0.25) is 5.91 Å². The van der Waals surface area contributed by atoms with E-state index in [0.717, 1.165) is 23.3 Å². The van der Waals surface area contributed by atoms with Gasteiger partial charge in [-0.2, -0.15) is 0 Å². The first-order valence-corrected chi connectivity index (χ1v) is 10.1. The Morgan fingerprint density at radius 3 is 2.68 bits per heavy atom. The van der Waals surface area contributed by atoms with Gasteiger partial charge in [0, 0.05) is 25.5 Å². The van der Waals surface area contributed by atoms with Crippen LogP contribution in [0.25, 0.3) is 5.65 Å². The zero-order chi connectivity index (χ0) is 22.3. The number of rotatable bonds is 7. The summed E-state index contributed by atoms with van der Waals surface area (Å²) in [4.78, 5) is 31.8. The van der Waals surface area contributed by atoms with Gasteiger partial charge in [-0.3, -0.25) is 14.6 Å². The predicted octanol–water partition coefficient (Wildman–Crippen LogP) is 1.33. The number of imidazole rings is 1.